The van der Waals surface area contributed by atoms with Crippen LogP contribution in [0.1, 0.15) is 5.56 Å². The number of pyridine rings is 1. The van der Waals surface area contributed by atoms with Gasteiger partial charge >= 0.3 is 0 Å². The highest BCUT2D eigenvalue weighted by atomic mass is 16.5. The molecule has 0 saturated carbocycles. The minimum atomic E-state index is -0.298. The largest absolute Gasteiger partial charge is 0.493 e. The van der Waals surface area contributed by atoms with Gasteiger partial charge in [0.15, 0.2) is 11.5 Å². The Hall–Kier alpha value is -2.25. The third-order valence-corrected chi connectivity index (χ3v) is 4.06. The van der Waals surface area contributed by atoms with Crippen LogP contribution in [0.5, 0.6) is 17.2 Å². The van der Waals surface area contributed by atoms with Gasteiger partial charge in [-0.15, -0.1) is 0 Å². The number of H-pyrrole nitrogens is 1. The van der Waals surface area contributed by atoms with Crippen LogP contribution in [-0.2, 0) is 6.54 Å². The maximum absolute atomic E-state index is 12.3. The summed E-state index contributed by atoms with van der Waals surface area (Å²) >= 11 is 0. The highest BCUT2D eigenvalue weighted by Gasteiger charge is 2.25. The number of benzene rings is 1. The van der Waals surface area contributed by atoms with Gasteiger partial charge in [0, 0.05) is 36.7 Å². The van der Waals surface area contributed by atoms with Crippen molar-refractivity contribution in [3.05, 3.63) is 28.0 Å². The van der Waals surface area contributed by atoms with E-state index in [1.165, 1.54) is 7.11 Å². The molecular formula is C16H20N2O5. The Bertz CT molecular complexity index is 780. The van der Waals surface area contributed by atoms with Gasteiger partial charge in [-0.05, 0) is 6.07 Å². The fourth-order valence-corrected chi connectivity index (χ4v) is 2.90. The molecule has 23 heavy (non-hydrogen) atoms. The number of methoxy groups -OCH3 is 3. The normalized spacial score (nSPS) is 15.5. The molecule has 1 aromatic carbocycles. The number of aromatic nitrogens is 1. The zero-order valence-electron chi connectivity index (χ0n) is 13.4. The summed E-state index contributed by atoms with van der Waals surface area (Å²) in [7, 11) is 4.62. The zero-order valence-corrected chi connectivity index (χ0v) is 13.4. The molecule has 0 unspecified atom stereocenters. The fraction of sp³-hybridized carbons (Fsp3) is 0.438. The molecule has 1 saturated heterocycles. The molecule has 7 nitrogen and oxygen atoms in total. The molecule has 0 spiro atoms. The number of nitrogens with one attached hydrogen (secondary N) is 1. The van der Waals surface area contributed by atoms with Crippen molar-refractivity contribution in [2.24, 2.45) is 0 Å². The van der Waals surface area contributed by atoms with Gasteiger partial charge < -0.3 is 24.3 Å². The van der Waals surface area contributed by atoms with Gasteiger partial charge in [-0.1, -0.05) is 0 Å². The molecule has 0 aliphatic carbocycles. The van der Waals surface area contributed by atoms with Crippen molar-refractivity contribution in [2.45, 2.75) is 12.6 Å². The SMILES string of the molecule is COc1cc2[nH]c(=O)c(CN3CC(O)C3)cc2c(OC)c1OC. The lowest BCUT2D eigenvalue weighted by molar-refractivity contribution is -0.00306. The number of rotatable bonds is 5. The van der Waals surface area contributed by atoms with Crippen molar-refractivity contribution < 1.29 is 19.3 Å². The number of aliphatic hydroxyl groups excluding tert-OH is 1. The van der Waals surface area contributed by atoms with Gasteiger partial charge in [0.25, 0.3) is 5.56 Å². The summed E-state index contributed by atoms with van der Waals surface area (Å²) < 4.78 is 16.1. The van der Waals surface area contributed by atoms with Crippen LogP contribution in [0.3, 0.4) is 0 Å². The van der Waals surface area contributed by atoms with Crippen LogP contribution >= 0.6 is 0 Å². The predicted molar refractivity (Wildman–Crippen MR) is 85.5 cm³/mol. The van der Waals surface area contributed by atoms with E-state index in [1.807, 2.05) is 4.90 Å². The number of likely N-dealkylation sites (tertiary alicyclic amines) is 1. The Labute approximate surface area is 133 Å². The molecule has 1 fully saturated rings. The number of fused-ring (bicyclic) bond motifs is 1. The lowest BCUT2D eigenvalue weighted by Crippen LogP contribution is -2.50. The third-order valence-electron chi connectivity index (χ3n) is 4.06. The molecule has 0 amide bonds. The van der Waals surface area contributed by atoms with E-state index in [0.29, 0.717) is 48.0 Å². The zero-order chi connectivity index (χ0) is 16.6. The van der Waals surface area contributed by atoms with E-state index >= 15 is 0 Å². The molecular weight excluding hydrogens is 300 g/mol. The first-order chi connectivity index (χ1) is 11.1. The molecule has 1 aliphatic heterocycles. The van der Waals surface area contributed by atoms with Crippen molar-refractivity contribution in [2.75, 3.05) is 34.4 Å². The topological polar surface area (TPSA) is 84.0 Å². The number of hydrogen-bond acceptors (Lipinski definition) is 6. The maximum Gasteiger partial charge on any atom is 0.252 e. The number of β-amino-alcohol motifs (C(OH)–C–C–N with tert-alkyl or cyclic N) is 1. The van der Waals surface area contributed by atoms with Crippen molar-refractivity contribution in [3.63, 3.8) is 0 Å². The van der Waals surface area contributed by atoms with Crippen molar-refractivity contribution >= 4 is 10.9 Å². The summed E-state index contributed by atoms with van der Waals surface area (Å²) in [6.07, 6.45) is -0.298. The number of ether oxygens (including phenoxy) is 3. The number of aromatic amines is 1. The lowest BCUT2D eigenvalue weighted by Gasteiger charge is -2.35. The Morgan fingerprint density at radius 2 is 1.87 bits per heavy atom. The van der Waals surface area contributed by atoms with E-state index in [-0.39, 0.29) is 11.7 Å². The standard InChI is InChI=1S/C16H20N2O5/c1-21-13-5-12-11(14(22-2)15(13)23-3)4-9(16(20)17-12)6-18-7-10(19)8-18/h4-5,10,19H,6-8H2,1-3H3,(H,17,20). The van der Waals surface area contributed by atoms with Crippen molar-refractivity contribution in [1.29, 1.82) is 0 Å². The second-order valence-electron chi connectivity index (χ2n) is 5.58. The molecule has 3 rings (SSSR count). The van der Waals surface area contributed by atoms with Gasteiger partial charge in [0.05, 0.1) is 33.0 Å². The van der Waals surface area contributed by atoms with Crippen LogP contribution in [0.2, 0.25) is 0 Å². The predicted octanol–water partition coefficient (Wildman–Crippen LogP) is 0.730. The Morgan fingerprint density at radius 3 is 2.43 bits per heavy atom. The number of nitrogens with zero attached hydrogens (tertiary/aromatic N) is 1. The minimum Gasteiger partial charge on any atom is -0.493 e. The van der Waals surface area contributed by atoms with E-state index in [9.17, 15) is 9.90 Å². The molecule has 7 heteroatoms. The Balaban J connectivity index is 2.11. The van der Waals surface area contributed by atoms with Crippen LogP contribution in [0.15, 0.2) is 16.9 Å². The van der Waals surface area contributed by atoms with E-state index < -0.39 is 0 Å². The van der Waals surface area contributed by atoms with Crippen LogP contribution in [-0.4, -0.2) is 55.5 Å². The number of aliphatic hydroxyl groups is 1. The monoisotopic (exact) mass is 320 g/mol. The average molecular weight is 320 g/mol. The van der Waals surface area contributed by atoms with Gasteiger partial charge in [-0.2, -0.15) is 0 Å². The highest BCUT2D eigenvalue weighted by Crippen LogP contribution is 2.42. The van der Waals surface area contributed by atoms with Crippen LogP contribution < -0.4 is 19.8 Å². The van der Waals surface area contributed by atoms with E-state index in [4.69, 9.17) is 14.2 Å². The molecule has 1 aromatic heterocycles. The molecule has 2 N–H and O–H groups in total. The summed E-state index contributed by atoms with van der Waals surface area (Å²) in [5.41, 5.74) is 1.08. The molecule has 0 bridgehead atoms. The molecule has 0 radical (unpaired) electrons. The fourth-order valence-electron chi connectivity index (χ4n) is 2.90. The minimum absolute atomic E-state index is 0.159. The Kier molecular flexibility index (Phi) is 4.14. The highest BCUT2D eigenvalue weighted by molar-refractivity contribution is 5.90. The molecule has 0 atom stereocenters. The first-order valence-electron chi connectivity index (χ1n) is 7.32. The van der Waals surface area contributed by atoms with Gasteiger partial charge in [0.2, 0.25) is 5.75 Å². The molecule has 124 valence electrons. The van der Waals surface area contributed by atoms with Crippen molar-refractivity contribution in [1.82, 2.24) is 9.88 Å². The van der Waals surface area contributed by atoms with Crippen LogP contribution in [0.4, 0.5) is 0 Å². The summed E-state index contributed by atoms with van der Waals surface area (Å²) in [5.74, 6) is 1.49. The van der Waals surface area contributed by atoms with Crippen LogP contribution in [0.25, 0.3) is 10.9 Å². The van der Waals surface area contributed by atoms with E-state index in [1.54, 1.807) is 26.4 Å². The second kappa shape index (κ2) is 6.10. The van der Waals surface area contributed by atoms with E-state index in [0.717, 1.165) is 5.39 Å². The lowest BCUT2D eigenvalue weighted by atomic mass is 10.1. The van der Waals surface area contributed by atoms with Crippen LogP contribution in [0, 0.1) is 0 Å². The van der Waals surface area contributed by atoms with Crippen molar-refractivity contribution in [3.8, 4) is 17.2 Å². The molecule has 1 aliphatic rings. The van der Waals surface area contributed by atoms with Gasteiger partial charge in [0.1, 0.15) is 0 Å². The third kappa shape index (κ3) is 2.73. The smallest absolute Gasteiger partial charge is 0.252 e. The maximum atomic E-state index is 12.3. The quantitative estimate of drug-likeness (QED) is 0.845. The summed E-state index contributed by atoms with van der Waals surface area (Å²) in [4.78, 5) is 17.2. The summed E-state index contributed by atoms with van der Waals surface area (Å²) in [6.45, 7) is 1.65. The summed E-state index contributed by atoms with van der Waals surface area (Å²) in [5, 5.41) is 10.1. The number of hydrogen-bond donors (Lipinski definition) is 2. The average Bonchev–Trinajstić information content (AvgIpc) is 2.52. The second-order valence-corrected chi connectivity index (χ2v) is 5.58. The Morgan fingerprint density at radius 1 is 1.17 bits per heavy atom. The molecule has 2 heterocycles. The van der Waals surface area contributed by atoms with E-state index in [2.05, 4.69) is 4.98 Å². The first kappa shape index (κ1) is 15.6. The first-order valence-corrected chi connectivity index (χ1v) is 7.32. The molecule has 2 aromatic rings. The summed E-state index contributed by atoms with van der Waals surface area (Å²) in [6, 6.07) is 3.52. The van der Waals surface area contributed by atoms with Gasteiger partial charge in [-0.3, -0.25) is 9.69 Å². The van der Waals surface area contributed by atoms with Gasteiger partial charge in [-0.25, -0.2) is 0 Å².